The molecule has 2 saturated heterocycles. The lowest BCUT2D eigenvalue weighted by Gasteiger charge is -2.46. The minimum Gasteiger partial charge on any atom is -0.508 e. The Morgan fingerprint density at radius 1 is 1.25 bits per heavy atom. The molecule has 0 spiro atoms. The van der Waals surface area contributed by atoms with Crippen LogP contribution < -0.4 is 0 Å². The summed E-state index contributed by atoms with van der Waals surface area (Å²) >= 11 is 0. The highest BCUT2D eigenvalue weighted by Gasteiger charge is 2.31. The van der Waals surface area contributed by atoms with Gasteiger partial charge in [0.05, 0.1) is 0 Å². The maximum Gasteiger partial charge on any atom is 0.126 e. The molecule has 0 aliphatic carbocycles. The number of fused-ring (bicyclic) bond motifs is 1. The van der Waals surface area contributed by atoms with E-state index in [1.807, 2.05) is 0 Å². The van der Waals surface area contributed by atoms with Crippen molar-refractivity contribution >= 4 is 0 Å². The lowest BCUT2D eigenvalue weighted by atomic mass is 9.97. The summed E-state index contributed by atoms with van der Waals surface area (Å²) in [4.78, 5) is 5.01. The summed E-state index contributed by atoms with van der Waals surface area (Å²) in [5.41, 5.74) is 0.829. The van der Waals surface area contributed by atoms with Gasteiger partial charge in [-0.1, -0.05) is 12.5 Å². The van der Waals surface area contributed by atoms with Gasteiger partial charge in [-0.25, -0.2) is 4.39 Å². The summed E-state index contributed by atoms with van der Waals surface area (Å²) in [5.74, 6) is -0.306. The van der Waals surface area contributed by atoms with Crippen LogP contribution in [0.15, 0.2) is 18.2 Å². The highest BCUT2D eigenvalue weighted by molar-refractivity contribution is 5.35. The number of piperazine rings is 1. The summed E-state index contributed by atoms with van der Waals surface area (Å²) < 4.78 is 13.1. The molecular formula is C16H23FN2O. The molecule has 0 amide bonds. The standard InChI is InChI=1S/C16H23FN2O/c1-12(15-6-5-13(17)10-16(15)20)19-9-8-18-7-3-2-4-14(18)11-19/h5-6,10,12,14,20H,2-4,7-9,11H2,1H3. The van der Waals surface area contributed by atoms with Crippen molar-refractivity contribution in [3.63, 3.8) is 0 Å². The first-order chi connectivity index (χ1) is 9.65. The van der Waals surface area contributed by atoms with Gasteiger partial charge in [-0.3, -0.25) is 9.80 Å². The molecule has 2 heterocycles. The van der Waals surface area contributed by atoms with Crippen LogP contribution in [-0.2, 0) is 0 Å². The third kappa shape index (κ3) is 2.67. The monoisotopic (exact) mass is 278 g/mol. The highest BCUT2D eigenvalue weighted by atomic mass is 19.1. The van der Waals surface area contributed by atoms with E-state index in [1.54, 1.807) is 6.07 Å². The number of phenolic OH excluding ortho intramolecular Hbond substituents is 1. The van der Waals surface area contributed by atoms with Gasteiger partial charge in [0, 0.05) is 43.3 Å². The van der Waals surface area contributed by atoms with Crippen LogP contribution in [0.1, 0.15) is 37.8 Å². The summed E-state index contributed by atoms with van der Waals surface area (Å²) in [6.07, 6.45) is 3.93. The molecule has 0 aromatic heterocycles. The van der Waals surface area contributed by atoms with Crippen LogP contribution in [0.2, 0.25) is 0 Å². The topological polar surface area (TPSA) is 26.7 Å². The van der Waals surface area contributed by atoms with Crippen LogP contribution in [0, 0.1) is 5.82 Å². The molecule has 4 heteroatoms. The molecule has 2 aliphatic heterocycles. The number of hydrogen-bond acceptors (Lipinski definition) is 3. The fraction of sp³-hybridized carbons (Fsp3) is 0.625. The first-order valence-corrected chi connectivity index (χ1v) is 7.61. The first-order valence-electron chi connectivity index (χ1n) is 7.61. The van der Waals surface area contributed by atoms with Gasteiger partial charge in [-0.2, -0.15) is 0 Å². The van der Waals surface area contributed by atoms with E-state index in [0.29, 0.717) is 6.04 Å². The van der Waals surface area contributed by atoms with Crippen LogP contribution in [0.4, 0.5) is 4.39 Å². The number of halogens is 1. The third-order valence-corrected chi connectivity index (χ3v) is 4.86. The van der Waals surface area contributed by atoms with Gasteiger partial charge in [0.1, 0.15) is 11.6 Å². The zero-order chi connectivity index (χ0) is 14.1. The van der Waals surface area contributed by atoms with Crippen LogP contribution in [0.5, 0.6) is 5.75 Å². The van der Waals surface area contributed by atoms with E-state index in [4.69, 9.17) is 0 Å². The minimum atomic E-state index is -0.379. The Morgan fingerprint density at radius 2 is 2.10 bits per heavy atom. The Hall–Kier alpha value is -1.13. The predicted molar refractivity (Wildman–Crippen MR) is 77.3 cm³/mol. The molecule has 0 saturated carbocycles. The van der Waals surface area contributed by atoms with Crippen molar-refractivity contribution in [2.45, 2.75) is 38.3 Å². The smallest absolute Gasteiger partial charge is 0.126 e. The number of nitrogens with zero attached hydrogens (tertiary/aromatic N) is 2. The van der Waals surface area contributed by atoms with Crippen molar-refractivity contribution in [1.29, 1.82) is 0 Å². The third-order valence-electron chi connectivity index (χ3n) is 4.86. The zero-order valence-corrected chi connectivity index (χ0v) is 12.1. The molecule has 2 fully saturated rings. The van der Waals surface area contributed by atoms with Crippen LogP contribution in [0.25, 0.3) is 0 Å². The van der Waals surface area contributed by atoms with Gasteiger partial charge in [-0.15, -0.1) is 0 Å². The Balaban J connectivity index is 1.72. The van der Waals surface area contributed by atoms with Gasteiger partial charge in [0.15, 0.2) is 0 Å². The molecule has 1 N–H and O–H groups in total. The number of benzene rings is 1. The molecular weight excluding hydrogens is 255 g/mol. The Kier molecular flexibility index (Phi) is 3.94. The first kappa shape index (κ1) is 13.8. The zero-order valence-electron chi connectivity index (χ0n) is 12.1. The minimum absolute atomic E-state index is 0.0728. The van der Waals surface area contributed by atoms with E-state index in [0.717, 1.165) is 25.2 Å². The molecule has 3 rings (SSSR count). The van der Waals surface area contributed by atoms with Crippen LogP contribution >= 0.6 is 0 Å². The van der Waals surface area contributed by atoms with E-state index >= 15 is 0 Å². The molecule has 1 aromatic carbocycles. The molecule has 2 atom stereocenters. The number of piperidine rings is 1. The second kappa shape index (κ2) is 5.70. The van der Waals surface area contributed by atoms with Crippen LogP contribution in [-0.4, -0.2) is 47.1 Å². The number of aromatic hydroxyl groups is 1. The highest BCUT2D eigenvalue weighted by Crippen LogP contribution is 2.32. The summed E-state index contributed by atoms with van der Waals surface area (Å²) in [6.45, 7) is 6.52. The molecule has 20 heavy (non-hydrogen) atoms. The Labute approximate surface area is 120 Å². The van der Waals surface area contributed by atoms with Gasteiger partial charge in [-0.05, 0) is 32.4 Å². The van der Waals surface area contributed by atoms with E-state index < -0.39 is 0 Å². The van der Waals surface area contributed by atoms with Gasteiger partial charge < -0.3 is 5.11 Å². The largest absolute Gasteiger partial charge is 0.508 e. The maximum atomic E-state index is 13.1. The normalized spacial score (nSPS) is 26.2. The molecule has 1 aromatic rings. The Morgan fingerprint density at radius 3 is 2.90 bits per heavy atom. The summed E-state index contributed by atoms with van der Waals surface area (Å²) in [7, 11) is 0. The average molecular weight is 278 g/mol. The quantitative estimate of drug-likeness (QED) is 0.901. The van der Waals surface area contributed by atoms with Gasteiger partial charge in [0.2, 0.25) is 0 Å². The van der Waals surface area contributed by atoms with Gasteiger partial charge in [0.25, 0.3) is 0 Å². The van der Waals surface area contributed by atoms with Crippen molar-refractivity contribution in [1.82, 2.24) is 9.80 Å². The second-order valence-corrected chi connectivity index (χ2v) is 6.06. The fourth-order valence-electron chi connectivity index (χ4n) is 3.60. The number of hydrogen-bond donors (Lipinski definition) is 1. The SMILES string of the molecule is CC(c1ccc(F)cc1O)N1CCN2CCCCC2C1. The van der Waals surface area contributed by atoms with Crippen molar-refractivity contribution in [2.75, 3.05) is 26.2 Å². The lowest BCUT2D eigenvalue weighted by Crippen LogP contribution is -2.55. The van der Waals surface area contributed by atoms with Crippen molar-refractivity contribution in [3.8, 4) is 5.75 Å². The summed E-state index contributed by atoms with van der Waals surface area (Å²) in [5, 5.41) is 9.95. The lowest BCUT2D eigenvalue weighted by molar-refractivity contribution is 0.0302. The maximum absolute atomic E-state index is 13.1. The fourth-order valence-corrected chi connectivity index (χ4v) is 3.60. The molecule has 2 unspecified atom stereocenters. The Bertz CT molecular complexity index is 480. The molecule has 0 radical (unpaired) electrons. The number of phenols is 1. The number of rotatable bonds is 2. The van der Waals surface area contributed by atoms with E-state index in [9.17, 15) is 9.50 Å². The molecule has 0 bridgehead atoms. The predicted octanol–water partition coefficient (Wildman–Crippen LogP) is 2.76. The van der Waals surface area contributed by atoms with Crippen molar-refractivity contribution in [3.05, 3.63) is 29.6 Å². The summed E-state index contributed by atoms with van der Waals surface area (Å²) in [6, 6.07) is 5.15. The van der Waals surface area contributed by atoms with E-state index in [1.165, 1.54) is 37.9 Å². The second-order valence-electron chi connectivity index (χ2n) is 6.06. The van der Waals surface area contributed by atoms with Crippen LogP contribution in [0.3, 0.4) is 0 Å². The van der Waals surface area contributed by atoms with Crippen molar-refractivity contribution in [2.24, 2.45) is 0 Å². The molecule has 2 aliphatic rings. The molecule has 110 valence electrons. The van der Waals surface area contributed by atoms with E-state index in [2.05, 4.69) is 16.7 Å². The average Bonchev–Trinajstić information content (AvgIpc) is 2.46. The van der Waals surface area contributed by atoms with Gasteiger partial charge >= 0.3 is 0 Å². The molecule has 3 nitrogen and oxygen atoms in total. The van der Waals surface area contributed by atoms with Crippen molar-refractivity contribution < 1.29 is 9.50 Å². The van der Waals surface area contributed by atoms with E-state index in [-0.39, 0.29) is 17.6 Å².